The summed E-state index contributed by atoms with van der Waals surface area (Å²) in [5, 5.41) is 2.58. The minimum atomic E-state index is -0.333. The number of hydrogen-bond donors (Lipinski definition) is 3. The monoisotopic (exact) mass is 369 g/mol. The largest absolute Gasteiger partial charge is 0.298 e. The second-order valence-electron chi connectivity index (χ2n) is 6.95. The van der Waals surface area contributed by atoms with Crippen molar-refractivity contribution < 1.29 is 9.59 Å². The Morgan fingerprint density at radius 3 is 2.12 bits per heavy atom. The summed E-state index contributed by atoms with van der Waals surface area (Å²) in [4.78, 5) is 24.1. The van der Waals surface area contributed by atoms with E-state index in [4.69, 9.17) is 12.2 Å². The topological polar surface area (TPSA) is 70.2 Å². The maximum Gasteiger partial charge on any atom is 0.257 e. The summed E-state index contributed by atoms with van der Waals surface area (Å²) in [6.07, 6.45) is 0.221. The summed E-state index contributed by atoms with van der Waals surface area (Å²) in [5.41, 5.74) is 7.56. The van der Waals surface area contributed by atoms with Crippen molar-refractivity contribution in [2.24, 2.45) is 0 Å². The van der Waals surface area contributed by atoms with Crippen LogP contribution in [0.3, 0.4) is 0 Å². The van der Waals surface area contributed by atoms with Crippen molar-refractivity contribution >= 4 is 29.1 Å². The van der Waals surface area contributed by atoms with Crippen molar-refractivity contribution in [1.82, 2.24) is 16.2 Å². The number of benzene rings is 2. The van der Waals surface area contributed by atoms with E-state index in [1.807, 2.05) is 42.5 Å². The van der Waals surface area contributed by atoms with Crippen LogP contribution in [0, 0.1) is 0 Å². The highest BCUT2D eigenvalue weighted by atomic mass is 32.1. The third-order valence-electron chi connectivity index (χ3n) is 3.76. The van der Waals surface area contributed by atoms with Gasteiger partial charge in [-0.1, -0.05) is 63.2 Å². The lowest BCUT2D eigenvalue weighted by Crippen LogP contribution is -2.48. The van der Waals surface area contributed by atoms with Crippen LogP contribution < -0.4 is 16.2 Å². The Hall–Kier alpha value is -2.73. The molecule has 0 unspecified atom stereocenters. The molecule has 0 radical (unpaired) electrons. The fourth-order valence-electron chi connectivity index (χ4n) is 2.28. The zero-order valence-electron chi connectivity index (χ0n) is 15.1. The van der Waals surface area contributed by atoms with Crippen LogP contribution in [0.1, 0.15) is 42.3 Å². The molecule has 5 nitrogen and oxygen atoms in total. The van der Waals surface area contributed by atoms with E-state index >= 15 is 0 Å². The fraction of sp³-hybridized carbons (Fsp3) is 0.250. The lowest BCUT2D eigenvalue weighted by atomic mass is 9.87. The molecule has 0 aromatic heterocycles. The molecule has 0 heterocycles. The SMILES string of the molecule is CC(C)(C)c1ccc(C(=O)NC(=S)NNC(=O)Cc2ccccc2)cc1. The van der Waals surface area contributed by atoms with Gasteiger partial charge in [0.1, 0.15) is 0 Å². The third-order valence-corrected chi connectivity index (χ3v) is 3.97. The number of amides is 2. The molecule has 2 aromatic rings. The van der Waals surface area contributed by atoms with Crippen LogP contribution in [-0.2, 0) is 16.6 Å². The van der Waals surface area contributed by atoms with E-state index in [0.717, 1.165) is 11.1 Å². The number of hydrogen-bond acceptors (Lipinski definition) is 3. The van der Waals surface area contributed by atoms with Crippen LogP contribution in [0.5, 0.6) is 0 Å². The highest BCUT2D eigenvalue weighted by Gasteiger charge is 2.14. The minimum absolute atomic E-state index is 0.0227. The smallest absolute Gasteiger partial charge is 0.257 e. The summed E-state index contributed by atoms with van der Waals surface area (Å²) in [5.74, 6) is -0.581. The average Bonchev–Trinajstić information content (AvgIpc) is 2.60. The van der Waals surface area contributed by atoms with E-state index in [1.165, 1.54) is 0 Å². The zero-order valence-corrected chi connectivity index (χ0v) is 15.9. The van der Waals surface area contributed by atoms with Gasteiger partial charge in [-0.15, -0.1) is 0 Å². The lowest BCUT2D eigenvalue weighted by Gasteiger charge is -2.19. The van der Waals surface area contributed by atoms with Crippen molar-refractivity contribution in [3.05, 3.63) is 71.3 Å². The summed E-state index contributed by atoms with van der Waals surface area (Å²) in [6, 6.07) is 16.7. The molecule has 0 saturated carbocycles. The van der Waals surface area contributed by atoms with Crippen LogP contribution in [0.4, 0.5) is 0 Å². The first-order chi connectivity index (χ1) is 12.3. The van der Waals surface area contributed by atoms with Gasteiger partial charge in [0.25, 0.3) is 5.91 Å². The first kappa shape index (κ1) is 19.6. The molecule has 2 aromatic carbocycles. The van der Waals surface area contributed by atoms with Gasteiger partial charge in [0.05, 0.1) is 6.42 Å². The van der Waals surface area contributed by atoms with Crippen LogP contribution >= 0.6 is 12.2 Å². The molecule has 0 bridgehead atoms. The lowest BCUT2D eigenvalue weighted by molar-refractivity contribution is -0.121. The normalized spacial score (nSPS) is 10.7. The van der Waals surface area contributed by atoms with E-state index in [2.05, 4.69) is 36.9 Å². The molecule has 0 aliphatic heterocycles. The van der Waals surface area contributed by atoms with Gasteiger partial charge in [0, 0.05) is 5.56 Å². The summed E-state index contributed by atoms with van der Waals surface area (Å²) < 4.78 is 0. The summed E-state index contributed by atoms with van der Waals surface area (Å²) >= 11 is 5.04. The zero-order chi connectivity index (χ0) is 19.2. The van der Waals surface area contributed by atoms with Crippen LogP contribution in [0.25, 0.3) is 0 Å². The predicted molar refractivity (Wildman–Crippen MR) is 107 cm³/mol. The van der Waals surface area contributed by atoms with Crippen molar-refractivity contribution in [2.75, 3.05) is 0 Å². The predicted octanol–water partition coefficient (Wildman–Crippen LogP) is 2.86. The molecule has 2 amide bonds. The number of hydrazine groups is 1. The Morgan fingerprint density at radius 1 is 0.923 bits per heavy atom. The molecule has 2 rings (SSSR count). The second kappa shape index (κ2) is 8.58. The Balaban J connectivity index is 1.81. The van der Waals surface area contributed by atoms with Gasteiger partial charge in [-0.3, -0.25) is 25.8 Å². The number of rotatable bonds is 3. The molecule has 26 heavy (non-hydrogen) atoms. The molecular formula is C20H23N3O2S. The van der Waals surface area contributed by atoms with E-state index < -0.39 is 0 Å². The van der Waals surface area contributed by atoms with Gasteiger partial charge in [0.2, 0.25) is 5.91 Å². The number of carbonyl (C=O) groups excluding carboxylic acids is 2. The molecular weight excluding hydrogens is 346 g/mol. The highest BCUT2D eigenvalue weighted by molar-refractivity contribution is 7.80. The molecule has 0 fully saturated rings. The number of thiocarbonyl (C=S) groups is 1. The fourth-order valence-corrected chi connectivity index (χ4v) is 2.42. The van der Waals surface area contributed by atoms with E-state index in [9.17, 15) is 9.59 Å². The maximum absolute atomic E-state index is 12.2. The molecule has 0 saturated heterocycles. The highest BCUT2D eigenvalue weighted by Crippen LogP contribution is 2.22. The first-order valence-electron chi connectivity index (χ1n) is 8.30. The first-order valence-corrected chi connectivity index (χ1v) is 8.71. The average molecular weight is 369 g/mol. The standard InChI is InChI=1S/C20H23N3O2S/c1-20(2,3)16-11-9-15(10-12-16)18(25)21-19(26)23-22-17(24)13-14-7-5-4-6-8-14/h4-12H,13H2,1-3H3,(H,22,24)(H2,21,23,25,26). The molecule has 136 valence electrons. The van der Waals surface area contributed by atoms with Gasteiger partial charge in [-0.25, -0.2) is 0 Å². The van der Waals surface area contributed by atoms with E-state index in [0.29, 0.717) is 5.56 Å². The van der Waals surface area contributed by atoms with Crippen LogP contribution in [-0.4, -0.2) is 16.9 Å². The second-order valence-corrected chi connectivity index (χ2v) is 7.35. The molecule has 6 heteroatoms. The van der Waals surface area contributed by atoms with Crippen molar-refractivity contribution in [3.8, 4) is 0 Å². The Kier molecular flexibility index (Phi) is 6.46. The van der Waals surface area contributed by atoms with Crippen molar-refractivity contribution in [1.29, 1.82) is 0 Å². The van der Waals surface area contributed by atoms with Crippen molar-refractivity contribution in [2.45, 2.75) is 32.6 Å². The van der Waals surface area contributed by atoms with E-state index in [1.54, 1.807) is 12.1 Å². The Labute approximate surface area is 159 Å². The molecule has 0 atom stereocenters. The number of carbonyl (C=O) groups is 2. The quantitative estimate of drug-likeness (QED) is 0.575. The molecule has 0 spiro atoms. The van der Waals surface area contributed by atoms with Crippen LogP contribution in [0.2, 0.25) is 0 Å². The van der Waals surface area contributed by atoms with Gasteiger partial charge in [-0.2, -0.15) is 0 Å². The minimum Gasteiger partial charge on any atom is -0.298 e. The Bertz CT molecular complexity index is 781. The molecule has 0 aliphatic carbocycles. The van der Waals surface area contributed by atoms with Gasteiger partial charge in [-0.05, 0) is 40.9 Å². The molecule has 3 N–H and O–H groups in total. The maximum atomic E-state index is 12.2. The number of nitrogens with one attached hydrogen (secondary N) is 3. The Morgan fingerprint density at radius 2 is 1.54 bits per heavy atom. The summed E-state index contributed by atoms with van der Waals surface area (Å²) in [7, 11) is 0. The van der Waals surface area contributed by atoms with Gasteiger partial charge < -0.3 is 0 Å². The van der Waals surface area contributed by atoms with Gasteiger partial charge in [0.15, 0.2) is 5.11 Å². The van der Waals surface area contributed by atoms with Gasteiger partial charge >= 0.3 is 0 Å². The van der Waals surface area contributed by atoms with Crippen molar-refractivity contribution in [3.63, 3.8) is 0 Å². The third kappa shape index (κ3) is 5.97. The molecule has 0 aliphatic rings. The van der Waals surface area contributed by atoms with Crippen LogP contribution in [0.15, 0.2) is 54.6 Å². The summed E-state index contributed by atoms with van der Waals surface area (Å²) in [6.45, 7) is 6.33. The van der Waals surface area contributed by atoms with E-state index in [-0.39, 0.29) is 28.8 Å².